The van der Waals surface area contributed by atoms with Crippen LogP contribution in [0.1, 0.15) is 35.9 Å². The molecule has 22 heavy (non-hydrogen) atoms. The van der Waals surface area contributed by atoms with E-state index in [1.165, 1.54) is 0 Å². The third-order valence-electron chi connectivity index (χ3n) is 4.10. The number of aryl methyl sites for hydroxylation is 1. The fourth-order valence-electron chi connectivity index (χ4n) is 2.82. The van der Waals surface area contributed by atoms with Gasteiger partial charge < -0.3 is 9.72 Å². The lowest BCUT2D eigenvalue weighted by Crippen LogP contribution is -2.37. The highest BCUT2D eigenvalue weighted by Gasteiger charge is 2.14. The molecule has 3 rings (SSSR count). The third-order valence-corrected chi connectivity index (χ3v) is 4.10. The van der Waals surface area contributed by atoms with Crippen LogP contribution >= 0.6 is 0 Å². The maximum Gasteiger partial charge on any atom is 0.164 e. The summed E-state index contributed by atoms with van der Waals surface area (Å²) in [6.45, 7) is 6.33. The molecule has 2 aromatic rings. The standard InChI is InChI=1S/C17H23N3O2/c1-2-3-17-18-14-5-4-13(12-15(14)19-17)16(21)6-7-20-8-10-22-11-9-20/h4-5,12H,2-3,6-11H2,1H3,(H,18,19). The summed E-state index contributed by atoms with van der Waals surface area (Å²) in [6, 6.07) is 5.76. The molecule has 0 radical (unpaired) electrons. The number of aromatic amines is 1. The molecule has 1 N–H and O–H groups in total. The zero-order valence-electron chi connectivity index (χ0n) is 13.1. The molecule has 0 amide bonds. The van der Waals surface area contributed by atoms with Crippen molar-refractivity contribution in [3.8, 4) is 0 Å². The fourth-order valence-corrected chi connectivity index (χ4v) is 2.82. The van der Waals surface area contributed by atoms with Crippen LogP contribution in [0.15, 0.2) is 18.2 Å². The molecule has 1 aromatic carbocycles. The van der Waals surface area contributed by atoms with Gasteiger partial charge in [0, 0.05) is 38.0 Å². The number of aromatic nitrogens is 2. The van der Waals surface area contributed by atoms with E-state index in [1.54, 1.807) is 0 Å². The Labute approximate surface area is 130 Å². The topological polar surface area (TPSA) is 58.2 Å². The van der Waals surface area contributed by atoms with E-state index in [1.807, 2.05) is 18.2 Å². The number of hydrogen-bond donors (Lipinski definition) is 1. The number of carbonyl (C=O) groups is 1. The molecular weight excluding hydrogens is 278 g/mol. The molecule has 1 fully saturated rings. The Morgan fingerprint density at radius 1 is 1.36 bits per heavy atom. The second-order valence-corrected chi connectivity index (χ2v) is 5.79. The highest BCUT2D eigenvalue weighted by molar-refractivity contribution is 5.99. The van der Waals surface area contributed by atoms with Gasteiger partial charge >= 0.3 is 0 Å². The Morgan fingerprint density at radius 2 is 2.18 bits per heavy atom. The van der Waals surface area contributed by atoms with Gasteiger partial charge in [0.2, 0.25) is 0 Å². The molecule has 0 spiro atoms. The monoisotopic (exact) mass is 301 g/mol. The first-order valence-electron chi connectivity index (χ1n) is 8.08. The number of H-pyrrole nitrogens is 1. The number of ether oxygens (including phenoxy) is 1. The van der Waals surface area contributed by atoms with Crippen LogP contribution in [0.3, 0.4) is 0 Å². The van der Waals surface area contributed by atoms with E-state index in [-0.39, 0.29) is 5.78 Å². The van der Waals surface area contributed by atoms with E-state index in [2.05, 4.69) is 21.8 Å². The van der Waals surface area contributed by atoms with Crippen LogP contribution in [-0.4, -0.2) is 53.5 Å². The van der Waals surface area contributed by atoms with Gasteiger partial charge in [0.1, 0.15) is 5.82 Å². The maximum absolute atomic E-state index is 12.4. The molecule has 5 heteroatoms. The van der Waals surface area contributed by atoms with Gasteiger partial charge in [-0.15, -0.1) is 0 Å². The Morgan fingerprint density at radius 3 is 2.95 bits per heavy atom. The third kappa shape index (κ3) is 3.54. The van der Waals surface area contributed by atoms with E-state index >= 15 is 0 Å². The van der Waals surface area contributed by atoms with E-state index in [0.29, 0.717) is 6.42 Å². The minimum atomic E-state index is 0.194. The van der Waals surface area contributed by atoms with Crippen molar-refractivity contribution in [2.45, 2.75) is 26.2 Å². The number of rotatable bonds is 6. The quantitative estimate of drug-likeness (QED) is 0.833. The number of morpholine rings is 1. The summed E-state index contributed by atoms with van der Waals surface area (Å²) in [5, 5.41) is 0. The van der Waals surface area contributed by atoms with Crippen LogP contribution in [0.25, 0.3) is 11.0 Å². The molecular formula is C17H23N3O2. The first-order chi connectivity index (χ1) is 10.8. The molecule has 0 bridgehead atoms. The Bertz CT molecular complexity index is 644. The lowest BCUT2D eigenvalue weighted by atomic mass is 10.1. The van der Waals surface area contributed by atoms with Crippen molar-refractivity contribution in [1.29, 1.82) is 0 Å². The van der Waals surface area contributed by atoms with E-state index in [9.17, 15) is 4.79 Å². The number of carbonyl (C=O) groups excluding carboxylic acids is 1. The van der Waals surface area contributed by atoms with Crippen molar-refractivity contribution >= 4 is 16.8 Å². The number of nitrogens with zero attached hydrogens (tertiary/aromatic N) is 2. The van der Waals surface area contributed by atoms with Crippen LogP contribution in [0.4, 0.5) is 0 Å². The molecule has 1 aliphatic heterocycles. The summed E-state index contributed by atoms with van der Waals surface area (Å²) in [4.78, 5) is 22.5. The first-order valence-corrected chi connectivity index (χ1v) is 8.08. The second kappa shape index (κ2) is 7.03. The largest absolute Gasteiger partial charge is 0.379 e. The zero-order chi connectivity index (χ0) is 15.4. The lowest BCUT2D eigenvalue weighted by Gasteiger charge is -2.26. The Kier molecular flexibility index (Phi) is 4.85. The van der Waals surface area contributed by atoms with Gasteiger partial charge in [-0.2, -0.15) is 0 Å². The van der Waals surface area contributed by atoms with Gasteiger partial charge in [0.25, 0.3) is 0 Å². The molecule has 0 atom stereocenters. The number of ketones is 1. The molecule has 2 heterocycles. The molecule has 118 valence electrons. The van der Waals surface area contributed by atoms with E-state index < -0.39 is 0 Å². The normalized spacial score (nSPS) is 16.2. The number of nitrogens with one attached hydrogen (secondary N) is 1. The SMILES string of the molecule is CCCc1nc2ccc(C(=O)CCN3CCOCC3)cc2[nH]1. The van der Waals surface area contributed by atoms with Crippen molar-refractivity contribution in [2.75, 3.05) is 32.8 Å². The van der Waals surface area contributed by atoms with Gasteiger partial charge in [-0.05, 0) is 24.6 Å². The average molecular weight is 301 g/mol. The van der Waals surface area contributed by atoms with Crippen molar-refractivity contribution in [3.63, 3.8) is 0 Å². The molecule has 0 aliphatic carbocycles. The predicted molar refractivity (Wildman–Crippen MR) is 86.3 cm³/mol. The van der Waals surface area contributed by atoms with Crippen LogP contribution in [0, 0.1) is 0 Å². The average Bonchev–Trinajstić information content (AvgIpc) is 2.95. The Balaban J connectivity index is 1.65. The summed E-state index contributed by atoms with van der Waals surface area (Å²) in [5.41, 5.74) is 2.67. The second-order valence-electron chi connectivity index (χ2n) is 5.79. The number of benzene rings is 1. The van der Waals surface area contributed by atoms with Gasteiger partial charge in [0.05, 0.1) is 24.2 Å². The molecule has 1 aliphatic rings. The summed E-state index contributed by atoms with van der Waals surface area (Å²) in [6.07, 6.45) is 2.56. The smallest absolute Gasteiger partial charge is 0.164 e. The fraction of sp³-hybridized carbons (Fsp3) is 0.529. The van der Waals surface area contributed by atoms with Crippen LogP contribution in [0.5, 0.6) is 0 Å². The first kappa shape index (κ1) is 15.2. The van der Waals surface area contributed by atoms with Gasteiger partial charge in [0.15, 0.2) is 5.78 Å². The van der Waals surface area contributed by atoms with E-state index in [4.69, 9.17) is 4.74 Å². The maximum atomic E-state index is 12.4. The van der Waals surface area contributed by atoms with Crippen LogP contribution in [0.2, 0.25) is 0 Å². The van der Waals surface area contributed by atoms with Crippen molar-refractivity contribution in [1.82, 2.24) is 14.9 Å². The zero-order valence-corrected chi connectivity index (χ0v) is 13.1. The number of Topliss-reactive ketones (excluding diaryl/α,β-unsaturated/α-hetero) is 1. The van der Waals surface area contributed by atoms with Crippen molar-refractivity contribution < 1.29 is 9.53 Å². The lowest BCUT2D eigenvalue weighted by molar-refractivity contribution is 0.0370. The summed E-state index contributed by atoms with van der Waals surface area (Å²) < 4.78 is 5.32. The van der Waals surface area contributed by atoms with Crippen molar-refractivity contribution in [2.24, 2.45) is 0 Å². The minimum Gasteiger partial charge on any atom is -0.379 e. The Hall–Kier alpha value is -1.72. The van der Waals surface area contributed by atoms with Gasteiger partial charge in [-0.25, -0.2) is 4.98 Å². The molecule has 0 unspecified atom stereocenters. The molecule has 1 saturated heterocycles. The van der Waals surface area contributed by atoms with Crippen molar-refractivity contribution in [3.05, 3.63) is 29.6 Å². The van der Waals surface area contributed by atoms with Gasteiger partial charge in [-0.1, -0.05) is 6.92 Å². The number of imidazole rings is 1. The summed E-state index contributed by atoms with van der Waals surface area (Å²) in [5.74, 6) is 1.19. The van der Waals surface area contributed by atoms with Crippen LogP contribution < -0.4 is 0 Å². The van der Waals surface area contributed by atoms with E-state index in [0.717, 1.165) is 68.1 Å². The predicted octanol–water partition coefficient (Wildman–Crippen LogP) is 2.42. The van der Waals surface area contributed by atoms with Gasteiger partial charge in [-0.3, -0.25) is 9.69 Å². The molecule has 1 aromatic heterocycles. The highest BCUT2D eigenvalue weighted by Crippen LogP contribution is 2.16. The summed E-state index contributed by atoms with van der Waals surface area (Å²) in [7, 11) is 0. The summed E-state index contributed by atoms with van der Waals surface area (Å²) >= 11 is 0. The minimum absolute atomic E-state index is 0.194. The highest BCUT2D eigenvalue weighted by atomic mass is 16.5. The number of fused-ring (bicyclic) bond motifs is 1. The molecule has 0 saturated carbocycles. The number of hydrogen-bond acceptors (Lipinski definition) is 4. The van der Waals surface area contributed by atoms with Crippen LogP contribution in [-0.2, 0) is 11.2 Å². The molecule has 5 nitrogen and oxygen atoms in total.